The van der Waals surface area contributed by atoms with Gasteiger partial charge in [0.2, 0.25) is 0 Å². The first-order valence-corrected chi connectivity index (χ1v) is 5.59. The van der Waals surface area contributed by atoms with Crippen LogP contribution in [0.1, 0.15) is 25.5 Å². The highest BCUT2D eigenvalue weighted by Gasteiger charge is 2.63. The van der Waals surface area contributed by atoms with Gasteiger partial charge < -0.3 is 5.11 Å². The molecule has 1 saturated carbocycles. The molecule has 15 heavy (non-hydrogen) atoms. The summed E-state index contributed by atoms with van der Waals surface area (Å²) in [5.74, 6) is -1.00. The van der Waals surface area contributed by atoms with Gasteiger partial charge in [-0.05, 0) is 33.5 Å². The van der Waals surface area contributed by atoms with Crippen molar-refractivity contribution in [1.29, 1.82) is 0 Å². The van der Waals surface area contributed by atoms with Gasteiger partial charge in [-0.2, -0.15) is 0 Å². The molecule has 0 aromatic carbocycles. The number of carboxylic acid groups (broad SMARTS) is 1. The van der Waals surface area contributed by atoms with Crippen molar-refractivity contribution in [3.8, 4) is 0 Å². The molecule has 2 atom stereocenters. The lowest BCUT2D eigenvalue weighted by Gasteiger charge is -2.01. The van der Waals surface area contributed by atoms with Gasteiger partial charge in [-0.15, -0.1) is 0 Å². The summed E-state index contributed by atoms with van der Waals surface area (Å²) in [5.41, 5.74) is 0.682. The number of carbonyl (C=O) groups is 1. The van der Waals surface area contributed by atoms with E-state index in [9.17, 15) is 4.79 Å². The van der Waals surface area contributed by atoms with Crippen LogP contribution < -0.4 is 0 Å². The second-order valence-electron chi connectivity index (χ2n) is 4.50. The molecule has 80 valence electrons. The van der Waals surface area contributed by atoms with E-state index in [1.165, 1.54) is 0 Å². The van der Waals surface area contributed by atoms with Gasteiger partial charge in [0.15, 0.2) is 0 Å². The molecule has 0 bridgehead atoms. The summed E-state index contributed by atoms with van der Waals surface area (Å²) in [6.07, 6.45) is 0. The van der Waals surface area contributed by atoms with E-state index >= 15 is 0 Å². The zero-order chi connectivity index (χ0) is 11.2. The van der Waals surface area contributed by atoms with Crippen LogP contribution in [0.25, 0.3) is 0 Å². The number of aliphatic carboxylic acids is 1. The minimum atomic E-state index is -0.730. The normalized spacial score (nSPS) is 27.4. The van der Waals surface area contributed by atoms with Crippen molar-refractivity contribution >= 4 is 21.9 Å². The zero-order valence-corrected chi connectivity index (χ0v) is 10.2. The molecule has 0 unspecified atom stereocenters. The van der Waals surface area contributed by atoms with Crippen LogP contribution in [0.3, 0.4) is 0 Å². The summed E-state index contributed by atoms with van der Waals surface area (Å²) in [6, 6.07) is 5.62. The molecule has 4 heteroatoms. The third-order valence-electron chi connectivity index (χ3n) is 3.15. The molecular weight excluding hydrogens is 258 g/mol. The number of hydrogen-bond donors (Lipinski definition) is 1. The van der Waals surface area contributed by atoms with Gasteiger partial charge in [0.25, 0.3) is 0 Å². The second-order valence-corrected chi connectivity index (χ2v) is 5.31. The minimum Gasteiger partial charge on any atom is -0.481 e. The van der Waals surface area contributed by atoms with Crippen LogP contribution in [0.2, 0.25) is 0 Å². The van der Waals surface area contributed by atoms with Gasteiger partial charge >= 0.3 is 5.97 Å². The van der Waals surface area contributed by atoms with E-state index in [-0.39, 0.29) is 17.3 Å². The Bertz CT molecular complexity index is 417. The maximum Gasteiger partial charge on any atom is 0.307 e. The standard InChI is InChI=1S/C11H12BrNO2/c1-11(2)8(9(11)10(14)15)6-4-3-5-7(12)13-6/h3-5,8-9H,1-2H3,(H,14,15)/t8-,9+/m1/s1. The van der Waals surface area contributed by atoms with Crippen molar-refractivity contribution in [3.63, 3.8) is 0 Å². The van der Waals surface area contributed by atoms with Crippen LogP contribution in [0.4, 0.5) is 0 Å². The first-order valence-electron chi connectivity index (χ1n) is 4.80. The Balaban J connectivity index is 2.31. The molecule has 1 heterocycles. The summed E-state index contributed by atoms with van der Waals surface area (Å²) in [7, 11) is 0. The topological polar surface area (TPSA) is 50.2 Å². The molecule has 1 aliphatic rings. The third kappa shape index (κ3) is 1.67. The predicted octanol–water partition coefficient (Wildman–Crippen LogP) is 2.67. The molecule has 1 aromatic heterocycles. The van der Waals surface area contributed by atoms with Crippen LogP contribution in [0.15, 0.2) is 22.8 Å². The van der Waals surface area contributed by atoms with E-state index < -0.39 is 5.97 Å². The lowest BCUT2D eigenvalue weighted by molar-refractivity contribution is -0.139. The van der Waals surface area contributed by atoms with Gasteiger partial charge in [-0.25, -0.2) is 4.98 Å². The number of rotatable bonds is 2. The highest BCUT2D eigenvalue weighted by atomic mass is 79.9. The number of halogens is 1. The van der Waals surface area contributed by atoms with Crippen molar-refractivity contribution < 1.29 is 9.90 Å². The molecule has 0 amide bonds. The Morgan fingerprint density at radius 2 is 2.20 bits per heavy atom. The molecule has 1 fully saturated rings. The van der Waals surface area contributed by atoms with Crippen LogP contribution in [-0.4, -0.2) is 16.1 Å². The van der Waals surface area contributed by atoms with Crippen LogP contribution in [0, 0.1) is 11.3 Å². The number of carboxylic acids is 1. The van der Waals surface area contributed by atoms with Crippen molar-refractivity contribution in [2.24, 2.45) is 11.3 Å². The van der Waals surface area contributed by atoms with E-state index in [2.05, 4.69) is 20.9 Å². The van der Waals surface area contributed by atoms with E-state index in [0.717, 1.165) is 10.3 Å². The summed E-state index contributed by atoms with van der Waals surface area (Å²) in [5, 5.41) is 9.05. The van der Waals surface area contributed by atoms with Crippen molar-refractivity contribution in [1.82, 2.24) is 4.98 Å². The highest BCUT2D eigenvalue weighted by molar-refractivity contribution is 9.10. The first-order chi connectivity index (χ1) is 6.94. The van der Waals surface area contributed by atoms with Crippen molar-refractivity contribution in [3.05, 3.63) is 28.5 Å². The SMILES string of the molecule is CC1(C)[C@H](C(=O)O)[C@H]1c1cccc(Br)n1. The molecule has 1 N–H and O–H groups in total. The van der Waals surface area contributed by atoms with Gasteiger partial charge in [0.1, 0.15) is 4.60 Å². The van der Waals surface area contributed by atoms with Crippen molar-refractivity contribution in [2.45, 2.75) is 19.8 Å². The Hall–Kier alpha value is -0.900. The Morgan fingerprint density at radius 3 is 2.67 bits per heavy atom. The van der Waals surface area contributed by atoms with Crippen LogP contribution in [0.5, 0.6) is 0 Å². The molecular formula is C11H12BrNO2. The van der Waals surface area contributed by atoms with Crippen LogP contribution in [-0.2, 0) is 4.79 Å². The fourth-order valence-corrected chi connectivity index (χ4v) is 2.61. The number of pyridine rings is 1. The number of nitrogens with zero attached hydrogens (tertiary/aromatic N) is 1. The molecule has 2 rings (SSSR count). The molecule has 1 aromatic rings. The Morgan fingerprint density at radius 1 is 1.53 bits per heavy atom. The molecule has 0 aliphatic heterocycles. The number of hydrogen-bond acceptors (Lipinski definition) is 2. The lowest BCUT2D eigenvalue weighted by atomic mass is 10.1. The zero-order valence-electron chi connectivity index (χ0n) is 8.57. The van der Waals surface area contributed by atoms with E-state index in [1.807, 2.05) is 32.0 Å². The summed E-state index contributed by atoms with van der Waals surface area (Å²) in [4.78, 5) is 15.3. The monoisotopic (exact) mass is 269 g/mol. The smallest absolute Gasteiger partial charge is 0.307 e. The van der Waals surface area contributed by atoms with E-state index in [1.54, 1.807) is 0 Å². The second kappa shape index (κ2) is 3.30. The Labute approximate surface area is 96.7 Å². The summed E-state index contributed by atoms with van der Waals surface area (Å²) in [6.45, 7) is 3.94. The van der Waals surface area contributed by atoms with E-state index in [0.29, 0.717) is 0 Å². The lowest BCUT2D eigenvalue weighted by Crippen LogP contribution is -2.03. The van der Waals surface area contributed by atoms with Crippen LogP contribution >= 0.6 is 15.9 Å². The quantitative estimate of drug-likeness (QED) is 0.840. The first kappa shape index (κ1) is 10.6. The molecule has 3 nitrogen and oxygen atoms in total. The molecule has 1 aliphatic carbocycles. The van der Waals surface area contributed by atoms with E-state index in [4.69, 9.17) is 5.11 Å². The van der Waals surface area contributed by atoms with Gasteiger partial charge in [-0.1, -0.05) is 19.9 Å². The van der Waals surface area contributed by atoms with Crippen molar-refractivity contribution in [2.75, 3.05) is 0 Å². The summed E-state index contributed by atoms with van der Waals surface area (Å²) >= 11 is 3.29. The van der Waals surface area contributed by atoms with Gasteiger partial charge in [-0.3, -0.25) is 4.79 Å². The number of aromatic nitrogens is 1. The molecule has 0 spiro atoms. The fourth-order valence-electron chi connectivity index (χ4n) is 2.25. The van der Waals surface area contributed by atoms with Gasteiger partial charge in [0.05, 0.1) is 5.92 Å². The molecule has 0 radical (unpaired) electrons. The average molecular weight is 270 g/mol. The highest BCUT2D eigenvalue weighted by Crippen LogP contribution is 2.64. The van der Waals surface area contributed by atoms with Gasteiger partial charge in [0, 0.05) is 11.6 Å². The maximum absolute atomic E-state index is 11.0. The Kier molecular flexibility index (Phi) is 2.34. The maximum atomic E-state index is 11.0. The minimum absolute atomic E-state index is 0.0347. The third-order valence-corrected chi connectivity index (χ3v) is 3.59. The fraction of sp³-hybridized carbons (Fsp3) is 0.455. The molecule has 0 saturated heterocycles. The predicted molar refractivity (Wildman–Crippen MR) is 59.6 cm³/mol. The summed E-state index contributed by atoms with van der Waals surface area (Å²) < 4.78 is 0.756. The largest absolute Gasteiger partial charge is 0.481 e. The average Bonchev–Trinajstić information content (AvgIpc) is 2.69.